The molecule has 0 aromatic heterocycles. The Bertz CT molecular complexity index is 336. The van der Waals surface area contributed by atoms with Crippen molar-refractivity contribution >= 4 is 6.29 Å². The second-order valence-electron chi connectivity index (χ2n) is 5.73. The summed E-state index contributed by atoms with van der Waals surface area (Å²) in [5.41, 5.74) is 0.718. The Morgan fingerprint density at radius 1 is 1.44 bits per heavy atom. The molecule has 1 rings (SSSR count). The lowest BCUT2D eigenvalue weighted by Gasteiger charge is -2.32. The van der Waals surface area contributed by atoms with Crippen molar-refractivity contribution in [3.8, 4) is 0 Å². The molecule has 0 heterocycles. The zero-order chi connectivity index (χ0) is 13.8. The van der Waals surface area contributed by atoms with E-state index in [9.17, 15) is 15.0 Å². The molecule has 0 saturated heterocycles. The molecule has 0 radical (unpaired) electrons. The summed E-state index contributed by atoms with van der Waals surface area (Å²) in [6.45, 7) is 7.39. The van der Waals surface area contributed by atoms with Gasteiger partial charge in [-0.25, -0.2) is 0 Å². The van der Waals surface area contributed by atoms with E-state index < -0.39 is 11.7 Å². The molecule has 0 bridgehead atoms. The first kappa shape index (κ1) is 15.1. The van der Waals surface area contributed by atoms with Crippen molar-refractivity contribution in [2.45, 2.75) is 57.7 Å². The fourth-order valence-corrected chi connectivity index (χ4v) is 2.36. The SMILES string of the molecule is C=C1CC/C=C(/C=O)CC[C@H](C(C)(C)O)C[C@H]1O. The number of hydrogen-bond donors (Lipinski definition) is 2. The molecule has 0 aromatic carbocycles. The summed E-state index contributed by atoms with van der Waals surface area (Å²) in [5.74, 6) is -0.0364. The summed E-state index contributed by atoms with van der Waals surface area (Å²) in [7, 11) is 0. The molecule has 0 saturated carbocycles. The summed E-state index contributed by atoms with van der Waals surface area (Å²) >= 11 is 0. The van der Waals surface area contributed by atoms with Gasteiger partial charge < -0.3 is 10.2 Å². The van der Waals surface area contributed by atoms with Gasteiger partial charge in [-0.2, -0.15) is 0 Å². The lowest BCUT2D eigenvalue weighted by molar-refractivity contribution is -0.105. The van der Waals surface area contributed by atoms with Crippen molar-refractivity contribution in [2.75, 3.05) is 0 Å². The van der Waals surface area contributed by atoms with Gasteiger partial charge in [0.1, 0.15) is 6.29 Å². The third kappa shape index (κ3) is 4.39. The van der Waals surface area contributed by atoms with Crippen LogP contribution in [0.3, 0.4) is 0 Å². The summed E-state index contributed by atoms with van der Waals surface area (Å²) in [4.78, 5) is 10.9. The maximum absolute atomic E-state index is 10.9. The van der Waals surface area contributed by atoms with Gasteiger partial charge in [0, 0.05) is 0 Å². The lowest BCUT2D eigenvalue weighted by atomic mass is 9.80. The van der Waals surface area contributed by atoms with Gasteiger partial charge in [-0.1, -0.05) is 12.7 Å². The molecule has 1 aliphatic rings. The Morgan fingerprint density at radius 3 is 2.67 bits per heavy atom. The first-order valence-corrected chi connectivity index (χ1v) is 6.57. The molecule has 0 unspecified atom stereocenters. The van der Waals surface area contributed by atoms with E-state index in [-0.39, 0.29) is 5.92 Å². The van der Waals surface area contributed by atoms with Crippen LogP contribution in [0.2, 0.25) is 0 Å². The zero-order valence-electron chi connectivity index (χ0n) is 11.4. The smallest absolute Gasteiger partial charge is 0.145 e. The first-order valence-electron chi connectivity index (χ1n) is 6.57. The Morgan fingerprint density at radius 2 is 2.11 bits per heavy atom. The second-order valence-corrected chi connectivity index (χ2v) is 5.73. The van der Waals surface area contributed by atoms with Crippen LogP contribution in [0.5, 0.6) is 0 Å². The molecule has 0 spiro atoms. The van der Waals surface area contributed by atoms with Gasteiger partial charge in [0.05, 0.1) is 11.7 Å². The van der Waals surface area contributed by atoms with Gasteiger partial charge in [0.2, 0.25) is 0 Å². The van der Waals surface area contributed by atoms with E-state index >= 15 is 0 Å². The number of rotatable bonds is 2. The van der Waals surface area contributed by atoms with Gasteiger partial charge >= 0.3 is 0 Å². The van der Waals surface area contributed by atoms with Crippen LogP contribution in [0.25, 0.3) is 0 Å². The number of carbonyl (C=O) groups excluding carboxylic acids is 1. The standard InChI is InChI=1S/C15H24O3/c1-11-5-4-6-12(10-16)7-8-13(9-14(11)17)15(2,3)18/h6,10,13-14,17-18H,1,4-5,7-9H2,2-3H3/b12-6+/t13-,14+/m0/s1. The van der Waals surface area contributed by atoms with Gasteiger partial charge in [-0.15, -0.1) is 0 Å². The zero-order valence-corrected chi connectivity index (χ0v) is 11.4. The largest absolute Gasteiger partial charge is 0.390 e. The highest BCUT2D eigenvalue weighted by atomic mass is 16.3. The van der Waals surface area contributed by atoms with E-state index in [1.165, 1.54) is 0 Å². The van der Waals surface area contributed by atoms with Crippen molar-refractivity contribution in [3.63, 3.8) is 0 Å². The quantitative estimate of drug-likeness (QED) is 0.586. The molecule has 3 heteroatoms. The van der Waals surface area contributed by atoms with E-state index in [4.69, 9.17) is 0 Å². The summed E-state index contributed by atoms with van der Waals surface area (Å²) in [6, 6.07) is 0. The normalized spacial score (nSPS) is 30.4. The molecule has 0 fully saturated rings. The van der Waals surface area contributed by atoms with Gasteiger partial charge in [-0.05, 0) is 63.0 Å². The molecule has 2 atom stereocenters. The topological polar surface area (TPSA) is 57.5 Å². The minimum atomic E-state index is -0.853. The van der Waals surface area contributed by atoms with E-state index in [2.05, 4.69) is 6.58 Å². The number of aliphatic hydroxyl groups excluding tert-OH is 1. The average Bonchev–Trinajstić information content (AvgIpc) is 2.29. The fraction of sp³-hybridized carbons (Fsp3) is 0.667. The molecule has 0 aliphatic heterocycles. The van der Waals surface area contributed by atoms with Crippen molar-refractivity contribution < 1.29 is 15.0 Å². The van der Waals surface area contributed by atoms with Crippen LogP contribution in [-0.2, 0) is 4.79 Å². The summed E-state index contributed by atoms with van der Waals surface area (Å²) in [5, 5.41) is 20.2. The second kappa shape index (κ2) is 6.30. The van der Waals surface area contributed by atoms with Crippen LogP contribution in [0.15, 0.2) is 23.8 Å². The number of allylic oxidation sites excluding steroid dienone is 2. The third-order valence-electron chi connectivity index (χ3n) is 3.78. The molecule has 0 aromatic rings. The number of aldehydes is 1. The van der Waals surface area contributed by atoms with Crippen molar-refractivity contribution in [1.82, 2.24) is 0 Å². The van der Waals surface area contributed by atoms with Gasteiger partial charge in [-0.3, -0.25) is 4.79 Å². The third-order valence-corrected chi connectivity index (χ3v) is 3.78. The Balaban J connectivity index is 2.87. The minimum absolute atomic E-state index is 0.0364. The number of carbonyl (C=O) groups is 1. The van der Waals surface area contributed by atoms with E-state index in [1.807, 2.05) is 6.08 Å². The van der Waals surface area contributed by atoms with Gasteiger partial charge in [0.25, 0.3) is 0 Å². The monoisotopic (exact) mass is 252 g/mol. The molecular formula is C15H24O3. The highest BCUT2D eigenvalue weighted by Crippen LogP contribution is 2.31. The number of hydrogen-bond acceptors (Lipinski definition) is 3. The van der Waals surface area contributed by atoms with Gasteiger partial charge in [0.15, 0.2) is 0 Å². The first-order chi connectivity index (χ1) is 8.34. The predicted molar refractivity (Wildman–Crippen MR) is 72.2 cm³/mol. The molecule has 2 N–H and O–H groups in total. The number of aliphatic hydroxyl groups is 2. The van der Waals surface area contributed by atoms with Crippen LogP contribution in [0.4, 0.5) is 0 Å². The molecule has 18 heavy (non-hydrogen) atoms. The molecule has 0 amide bonds. The fourth-order valence-electron chi connectivity index (χ4n) is 2.36. The Kier molecular flexibility index (Phi) is 5.29. The predicted octanol–water partition coefficient (Wildman–Crippen LogP) is 2.38. The van der Waals surface area contributed by atoms with E-state index in [0.717, 1.165) is 23.9 Å². The highest BCUT2D eigenvalue weighted by Gasteiger charge is 2.29. The van der Waals surface area contributed by atoms with Crippen molar-refractivity contribution in [2.24, 2.45) is 5.92 Å². The summed E-state index contributed by atoms with van der Waals surface area (Å²) in [6.07, 6.45) is 5.56. The summed E-state index contributed by atoms with van der Waals surface area (Å²) < 4.78 is 0. The maximum Gasteiger partial charge on any atom is 0.145 e. The lowest BCUT2D eigenvalue weighted by Crippen LogP contribution is -2.34. The van der Waals surface area contributed by atoms with Crippen molar-refractivity contribution in [3.05, 3.63) is 23.8 Å². The van der Waals surface area contributed by atoms with Crippen LogP contribution in [0.1, 0.15) is 46.0 Å². The molecular weight excluding hydrogens is 228 g/mol. The minimum Gasteiger partial charge on any atom is -0.390 e. The Hall–Kier alpha value is -0.930. The van der Waals surface area contributed by atoms with Crippen LogP contribution in [0, 0.1) is 5.92 Å². The van der Waals surface area contributed by atoms with E-state index in [0.29, 0.717) is 25.7 Å². The maximum atomic E-state index is 10.9. The Labute approximate surface area is 109 Å². The van der Waals surface area contributed by atoms with Crippen LogP contribution >= 0.6 is 0 Å². The average molecular weight is 252 g/mol. The van der Waals surface area contributed by atoms with E-state index in [1.54, 1.807) is 13.8 Å². The molecule has 102 valence electrons. The van der Waals surface area contributed by atoms with Crippen LogP contribution in [-0.4, -0.2) is 28.2 Å². The molecule has 1 aliphatic carbocycles. The highest BCUT2D eigenvalue weighted by molar-refractivity contribution is 5.72. The van der Waals surface area contributed by atoms with Crippen LogP contribution < -0.4 is 0 Å². The van der Waals surface area contributed by atoms with Crippen molar-refractivity contribution in [1.29, 1.82) is 0 Å². The molecule has 3 nitrogen and oxygen atoms in total.